The minimum atomic E-state index is 0.679. The topological polar surface area (TPSA) is 0 Å². The Kier molecular flexibility index (Phi) is 1.32. The smallest absolute Gasteiger partial charge is 0.0142 e. The van der Waals surface area contributed by atoms with Gasteiger partial charge in [-0.05, 0) is 43.4 Å². The first kappa shape index (κ1) is 7.73. The van der Waals surface area contributed by atoms with E-state index in [9.17, 15) is 0 Å². The van der Waals surface area contributed by atoms with Crippen LogP contribution in [0.25, 0.3) is 0 Å². The van der Waals surface area contributed by atoms with Crippen LogP contribution in [0.4, 0.5) is 0 Å². The minimum absolute atomic E-state index is 0.679. The molecule has 0 aromatic carbocycles. The van der Waals surface area contributed by atoms with Gasteiger partial charge in [-0.15, -0.1) is 0 Å². The second kappa shape index (κ2) is 2.05. The molecule has 0 spiro atoms. The third-order valence-electron chi connectivity index (χ3n) is 4.07. The zero-order valence-electron chi connectivity index (χ0n) is 8.10. The van der Waals surface area contributed by atoms with Gasteiger partial charge in [0.2, 0.25) is 0 Å². The molecule has 12 heavy (non-hydrogen) atoms. The maximum absolute atomic E-state index is 2.53. The Labute approximate surface area is 79.5 Å². The van der Waals surface area contributed by atoms with E-state index >= 15 is 0 Å². The van der Waals surface area contributed by atoms with E-state index < -0.39 is 0 Å². The van der Waals surface area contributed by atoms with Crippen molar-refractivity contribution in [3.63, 3.8) is 0 Å². The van der Waals surface area contributed by atoms with Crippen LogP contribution in [0.2, 0.25) is 0 Å². The molecule has 0 unspecified atom stereocenters. The Morgan fingerprint density at radius 2 is 2.00 bits per heavy atom. The molecule has 68 valence electrons. The molecule has 2 aliphatic carbocycles. The molecule has 0 amide bonds. The third kappa shape index (κ3) is 0.982. The summed E-state index contributed by atoms with van der Waals surface area (Å²) in [6, 6.07) is 0. The molecule has 4 atom stereocenters. The van der Waals surface area contributed by atoms with Gasteiger partial charge in [-0.1, -0.05) is 13.8 Å². The lowest BCUT2D eigenvalue weighted by Gasteiger charge is -2.59. The first-order valence-corrected chi connectivity index (χ1v) is 6.13. The molecule has 0 aromatic rings. The van der Waals surface area contributed by atoms with E-state index in [0.717, 1.165) is 16.6 Å². The van der Waals surface area contributed by atoms with Crippen molar-refractivity contribution in [1.82, 2.24) is 0 Å². The van der Waals surface area contributed by atoms with Gasteiger partial charge in [-0.2, -0.15) is 11.8 Å². The first-order valence-electron chi connectivity index (χ1n) is 5.25. The SMILES string of the molecule is C[C@]12C[C@@H]3C[C@H](C1)S[C@@](C)(C3)C2. The van der Waals surface area contributed by atoms with Gasteiger partial charge >= 0.3 is 0 Å². The zero-order valence-corrected chi connectivity index (χ0v) is 8.91. The van der Waals surface area contributed by atoms with Gasteiger partial charge in [0, 0.05) is 10.00 Å². The number of rotatable bonds is 0. The molecule has 4 fully saturated rings. The third-order valence-corrected chi connectivity index (χ3v) is 5.64. The average Bonchev–Trinajstić information content (AvgIpc) is 1.75. The normalized spacial score (nSPS) is 62.5. The lowest BCUT2D eigenvalue weighted by atomic mass is 9.59. The van der Waals surface area contributed by atoms with E-state index in [-0.39, 0.29) is 0 Å². The fourth-order valence-electron chi connectivity index (χ4n) is 4.34. The molecule has 2 heterocycles. The fraction of sp³-hybridized carbons (Fsp3) is 1.00. The fourth-order valence-corrected chi connectivity index (χ4v) is 6.76. The van der Waals surface area contributed by atoms with Crippen molar-refractivity contribution < 1.29 is 0 Å². The summed E-state index contributed by atoms with van der Waals surface area (Å²) in [6.45, 7) is 5.04. The molecule has 4 bridgehead atoms. The summed E-state index contributed by atoms with van der Waals surface area (Å²) in [6.07, 6.45) is 7.61. The highest BCUT2D eigenvalue weighted by Gasteiger charge is 2.54. The summed E-state index contributed by atoms with van der Waals surface area (Å²) < 4.78 is 0.679. The standard InChI is InChI=1S/C11H18S/c1-10-4-8-3-9(6-10)12-11(2,5-8)7-10/h8-9H,3-7H2,1-2H3/t8-,9+,10-,11-/m0/s1. The van der Waals surface area contributed by atoms with Crippen molar-refractivity contribution in [3.05, 3.63) is 0 Å². The van der Waals surface area contributed by atoms with Gasteiger partial charge in [0.1, 0.15) is 0 Å². The lowest BCUT2D eigenvalue weighted by Crippen LogP contribution is -2.51. The Balaban J connectivity index is 1.98. The van der Waals surface area contributed by atoms with Crippen molar-refractivity contribution in [2.75, 3.05) is 0 Å². The van der Waals surface area contributed by atoms with Crippen LogP contribution in [0, 0.1) is 11.3 Å². The molecule has 4 aliphatic rings. The van der Waals surface area contributed by atoms with Crippen LogP contribution in [0.1, 0.15) is 46.0 Å². The van der Waals surface area contributed by atoms with Crippen LogP contribution in [0.3, 0.4) is 0 Å². The number of thioether (sulfide) groups is 1. The van der Waals surface area contributed by atoms with Gasteiger partial charge in [0.05, 0.1) is 0 Å². The van der Waals surface area contributed by atoms with Crippen LogP contribution >= 0.6 is 11.8 Å². The molecule has 4 rings (SSSR count). The summed E-state index contributed by atoms with van der Waals surface area (Å²) in [5, 5.41) is 1.03. The quantitative estimate of drug-likeness (QED) is 0.553. The van der Waals surface area contributed by atoms with Crippen LogP contribution in [-0.2, 0) is 0 Å². The van der Waals surface area contributed by atoms with Gasteiger partial charge in [0.15, 0.2) is 0 Å². The summed E-state index contributed by atoms with van der Waals surface area (Å²) in [7, 11) is 0. The maximum atomic E-state index is 2.53. The van der Waals surface area contributed by atoms with Crippen LogP contribution in [0.15, 0.2) is 0 Å². The first-order chi connectivity index (χ1) is 5.57. The second-order valence-electron chi connectivity index (χ2n) is 5.89. The molecule has 2 saturated carbocycles. The molecule has 2 aliphatic heterocycles. The summed E-state index contributed by atoms with van der Waals surface area (Å²) in [4.78, 5) is 0. The second-order valence-corrected chi connectivity index (χ2v) is 7.78. The summed E-state index contributed by atoms with van der Waals surface area (Å²) in [5.41, 5.74) is 0.742. The largest absolute Gasteiger partial charge is 0.152 e. The van der Waals surface area contributed by atoms with Crippen molar-refractivity contribution >= 4 is 11.8 Å². The molecule has 2 saturated heterocycles. The summed E-state index contributed by atoms with van der Waals surface area (Å²) in [5.74, 6) is 1.09. The molecular formula is C11H18S. The number of hydrogen-bond donors (Lipinski definition) is 0. The van der Waals surface area contributed by atoms with Crippen molar-refractivity contribution in [2.45, 2.75) is 55.9 Å². The lowest BCUT2D eigenvalue weighted by molar-refractivity contribution is 0.0639. The predicted octanol–water partition coefficient (Wildman–Crippen LogP) is 3.46. The highest BCUT2D eigenvalue weighted by molar-refractivity contribution is 8.01. The van der Waals surface area contributed by atoms with Crippen molar-refractivity contribution in [3.8, 4) is 0 Å². The highest BCUT2D eigenvalue weighted by Crippen LogP contribution is 2.64. The molecule has 0 N–H and O–H groups in total. The van der Waals surface area contributed by atoms with Gasteiger partial charge in [-0.3, -0.25) is 0 Å². The average molecular weight is 182 g/mol. The maximum Gasteiger partial charge on any atom is 0.0142 e. The number of hydrogen-bond acceptors (Lipinski definition) is 1. The Bertz CT molecular complexity index is 187. The predicted molar refractivity (Wildman–Crippen MR) is 54.5 cm³/mol. The van der Waals surface area contributed by atoms with E-state index in [1.54, 1.807) is 6.42 Å². The molecule has 0 nitrogen and oxygen atoms in total. The van der Waals surface area contributed by atoms with E-state index in [2.05, 4.69) is 25.6 Å². The van der Waals surface area contributed by atoms with E-state index in [0.29, 0.717) is 4.75 Å². The van der Waals surface area contributed by atoms with Gasteiger partial charge in [-0.25, -0.2) is 0 Å². The van der Waals surface area contributed by atoms with Crippen LogP contribution in [-0.4, -0.2) is 10.00 Å². The minimum Gasteiger partial charge on any atom is -0.152 e. The Morgan fingerprint density at radius 1 is 1.17 bits per heavy atom. The highest BCUT2D eigenvalue weighted by atomic mass is 32.2. The Morgan fingerprint density at radius 3 is 2.58 bits per heavy atom. The van der Waals surface area contributed by atoms with Crippen molar-refractivity contribution in [2.24, 2.45) is 11.3 Å². The molecular weight excluding hydrogens is 164 g/mol. The molecule has 0 aromatic heterocycles. The van der Waals surface area contributed by atoms with Crippen molar-refractivity contribution in [1.29, 1.82) is 0 Å². The van der Waals surface area contributed by atoms with Crippen LogP contribution < -0.4 is 0 Å². The zero-order chi connectivity index (χ0) is 8.40. The van der Waals surface area contributed by atoms with Gasteiger partial charge in [0.25, 0.3) is 0 Å². The molecule has 1 heteroatoms. The Hall–Kier alpha value is 0.350. The monoisotopic (exact) mass is 182 g/mol. The summed E-state index contributed by atoms with van der Waals surface area (Å²) >= 11 is 2.31. The van der Waals surface area contributed by atoms with E-state index in [1.165, 1.54) is 25.7 Å². The van der Waals surface area contributed by atoms with E-state index in [4.69, 9.17) is 0 Å². The van der Waals surface area contributed by atoms with Gasteiger partial charge < -0.3 is 0 Å². The molecule has 0 radical (unpaired) electrons. The van der Waals surface area contributed by atoms with Crippen LogP contribution in [0.5, 0.6) is 0 Å². The van der Waals surface area contributed by atoms with E-state index in [1.807, 2.05) is 0 Å².